The van der Waals surface area contributed by atoms with Gasteiger partial charge in [0, 0.05) is 39.2 Å². The Balaban J connectivity index is 1.67. The van der Waals surface area contributed by atoms with Crippen molar-refractivity contribution in [1.29, 1.82) is 0 Å². The number of aromatic nitrogens is 2. The summed E-state index contributed by atoms with van der Waals surface area (Å²) in [6, 6.07) is 7.88. The number of hydrogen-bond acceptors (Lipinski definition) is 5. The van der Waals surface area contributed by atoms with Crippen LogP contribution in [-0.2, 0) is 0 Å². The van der Waals surface area contributed by atoms with Crippen LogP contribution in [0, 0.1) is 0 Å². The maximum atomic E-state index is 12.5. The van der Waals surface area contributed by atoms with Gasteiger partial charge in [0.2, 0.25) is 0 Å². The molecule has 6 nitrogen and oxygen atoms in total. The summed E-state index contributed by atoms with van der Waals surface area (Å²) in [5.74, 6) is 0.747. The molecule has 26 heavy (non-hydrogen) atoms. The fourth-order valence-electron chi connectivity index (χ4n) is 3.34. The lowest BCUT2D eigenvalue weighted by Crippen LogP contribution is -2.40. The van der Waals surface area contributed by atoms with E-state index in [1.807, 2.05) is 43.4 Å². The quantitative estimate of drug-likeness (QED) is 0.865. The van der Waals surface area contributed by atoms with Crippen LogP contribution in [0.5, 0.6) is 0 Å². The van der Waals surface area contributed by atoms with Crippen molar-refractivity contribution in [3.05, 3.63) is 54.0 Å². The van der Waals surface area contributed by atoms with Crippen LogP contribution in [0.25, 0.3) is 0 Å². The predicted molar refractivity (Wildman–Crippen MR) is 103 cm³/mol. The van der Waals surface area contributed by atoms with E-state index in [4.69, 9.17) is 0 Å². The van der Waals surface area contributed by atoms with Crippen LogP contribution < -0.4 is 10.2 Å². The van der Waals surface area contributed by atoms with Crippen LogP contribution >= 0.6 is 0 Å². The van der Waals surface area contributed by atoms with E-state index in [0.717, 1.165) is 24.5 Å². The van der Waals surface area contributed by atoms with Crippen molar-refractivity contribution in [2.24, 2.45) is 0 Å². The summed E-state index contributed by atoms with van der Waals surface area (Å²) in [6.07, 6.45) is 9.02. The van der Waals surface area contributed by atoms with Crippen molar-refractivity contribution in [1.82, 2.24) is 20.2 Å². The lowest BCUT2D eigenvalue weighted by Gasteiger charge is -2.34. The number of rotatable bonds is 6. The highest BCUT2D eigenvalue weighted by Crippen LogP contribution is 2.23. The molecule has 3 heterocycles. The second kappa shape index (κ2) is 8.76. The smallest absolute Gasteiger partial charge is 0.252 e. The first-order valence-corrected chi connectivity index (χ1v) is 9.20. The molecule has 0 unspecified atom stereocenters. The molecular formula is C20H27N5O. The van der Waals surface area contributed by atoms with Gasteiger partial charge in [-0.15, -0.1) is 0 Å². The van der Waals surface area contributed by atoms with Crippen LogP contribution in [0.1, 0.15) is 41.2 Å². The Morgan fingerprint density at radius 1 is 1.19 bits per heavy atom. The maximum Gasteiger partial charge on any atom is 0.252 e. The zero-order valence-electron chi connectivity index (χ0n) is 15.6. The topological polar surface area (TPSA) is 61.4 Å². The Hall–Kier alpha value is -2.47. The fraction of sp³-hybridized carbons (Fsp3) is 0.450. The largest absolute Gasteiger partial charge is 0.363 e. The Kier molecular flexibility index (Phi) is 6.17. The number of anilines is 1. The number of piperidine rings is 1. The normalized spacial score (nSPS) is 16.1. The monoisotopic (exact) mass is 353 g/mol. The Bertz CT molecular complexity index is 696. The number of hydrogen-bond donors (Lipinski definition) is 1. The van der Waals surface area contributed by atoms with Gasteiger partial charge in [-0.1, -0.05) is 12.5 Å². The van der Waals surface area contributed by atoms with E-state index in [0.29, 0.717) is 12.1 Å². The van der Waals surface area contributed by atoms with Gasteiger partial charge in [0.05, 0.1) is 11.6 Å². The zero-order chi connectivity index (χ0) is 18.4. The van der Waals surface area contributed by atoms with Crippen molar-refractivity contribution >= 4 is 11.7 Å². The first kappa shape index (κ1) is 18.3. The molecule has 0 aliphatic carbocycles. The fourth-order valence-corrected chi connectivity index (χ4v) is 3.34. The summed E-state index contributed by atoms with van der Waals surface area (Å²) in [5.41, 5.74) is 1.73. The zero-order valence-corrected chi connectivity index (χ0v) is 15.6. The molecule has 1 fully saturated rings. The summed E-state index contributed by atoms with van der Waals surface area (Å²) in [5, 5.41) is 3.08. The summed E-state index contributed by atoms with van der Waals surface area (Å²) in [4.78, 5) is 25.5. The highest BCUT2D eigenvalue weighted by atomic mass is 16.1. The Morgan fingerprint density at radius 3 is 2.62 bits per heavy atom. The van der Waals surface area contributed by atoms with Crippen molar-refractivity contribution in [2.45, 2.75) is 25.3 Å². The van der Waals surface area contributed by atoms with Gasteiger partial charge in [-0.3, -0.25) is 14.7 Å². The number of likely N-dealkylation sites (tertiary alicyclic amines) is 1. The molecule has 1 aliphatic rings. The van der Waals surface area contributed by atoms with Gasteiger partial charge >= 0.3 is 0 Å². The second-order valence-corrected chi connectivity index (χ2v) is 6.91. The van der Waals surface area contributed by atoms with E-state index in [1.165, 1.54) is 19.3 Å². The van der Waals surface area contributed by atoms with Crippen molar-refractivity contribution in [3.63, 3.8) is 0 Å². The Morgan fingerprint density at radius 2 is 2.00 bits per heavy atom. The molecule has 1 N–H and O–H groups in total. The second-order valence-electron chi connectivity index (χ2n) is 6.91. The number of pyridine rings is 2. The third kappa shape index (κ3) is 4.58. The first-order chi connectivity index (χ1) is 12.6. The summed E-state index contributed by atoms with van der Waals surface area (Å²) in [7, 11) is 3.86. The average Bonchev–Trinajstić information content (AvgIpc) is 2.69. The molecule has 2 aromatic heterocycles. The van der Waals surface area contributed by atoms with Crippen LogP contribution in [0.4, 0.5) is 5.82 Å². The van der Waals surface area contributed by atoms with Gasteiger partial charge in [0.25, 0.3) is 5.91 Å². The molecule has 1 atom stereocenters. The molecule has 1 amide bonds. The highest BCUT2D eigenvalue weighted by molar-refractivity contribution is 5.94. The van der Waals surface area contributed by atoms with E-state index >= 15 is 0 Å². The minimum absolute atomic E-state index is 0.0892. The van der Waals surface area contributed by atoms with Gasteiger partial charge < -0.3 is 10.2 Å². The van der Waals surface area contributed by atoms with Gasteiger partial charge in [0.15, 0.2) is 0 Å². The molecule has 0 radical (unpaired) electrons. The van der Waals surface area contributed by atoms with Gasteiger partial charge in [-0.05, 0) is 49.7 Å². The maximum absolute atomic E-state index is 12.5. The lowest BCUT2D eigenvalue weighted by atomic mass is 10.0. The number of nitrogens with one attached hydrogen (secondary N) is 1. The van der Waals surface area contributed by atoms with Gasteiger partial charge in [-0.2, -0.15) is 0 Å². The van der Waals surface area contributed by atoms with E-state index in [9.17, 15) is 4.79 Å². The van der Waals surface area contributed by atoms with Crippen LogP contribution in [0.3, 0.4) is 0 Å². The highest BCUT2D eigenvalue weighted by Gasteiger charge is 2.23. The summed E-state index contributed by atoms with van der Waals surface area (Å²) in [6.45, 7) is 2.70. The molecule has 0 bridgehead atoms. The first-order valence-electron chi connectivity index (χ1n) is 9.20. The number of carbonyl (C=O) groups excluding carboxylic acids is 1. The number of nitrogens with zero attached hydrogens (tertiary/aromatic N) is 4. The van der Waals surface area contributed by atoms with Crippen LogP contribution in [0.2, 0.25) is 0 Å². The number of amides is 1. The minimum Gasteiger partial charge on any atom is -0.363 e. The number of carbonyl (C=O) groups is 1. The minimum atomic E-state index is -0.0892. The van der Waals surface area contributed by atoms with Crippen molar-refractivity contribution in [3.8, 4) is 0 Å². The molecule has 3 rings (SSSR count). The van der Waals surface area contributed by atoms with Gasteiger partial charge in [-0.25, -0.2) is 4.98 Å². The van der Waals surface area contributed by atoms with Crippen LogP contribution in [0.15, 0.2) is 42.9 Å². The van der Waals surface area contributed by atoms with E-state index in [2.05, 4.69) is 26.3 Å². The molecule has 1 saturated heterocycles. The molecule has 0 saturated carbocycles. The molecular weight excluding hydrogens is 326 g/mol. The lowest BCUT2D eigenvalue weighted by molar-refractivity contribution is 0.0924. The van der Waals surface area contributed by atoms with Crippen molar-refractivity contribution < 1.29 is 4.79 Å². The van der Waals surface area contributed by atoms with E-state index in [-0.39, 0.29) is 11.9 Å². The van der Waals surface area contributed by atoms with Gasteiger partial charge in [0.1, 0.15) is 5.82 Å². The molecule has 6 heteroatoms. The van der Waals surface area contributed by atoms with Crippen LogP contribution in [-0.4, -0.2) is 54.5 Å². The SMILES string of the molecule is CN(C)c1ccc(C(=O)NC[C@@H](c2cccnc2)N2CCCCC2)cn1. The van der Waals surface area contributed by atoms with E-state index < -0.39 is 0 Å². The molecule has 0 spiro atoms. The molecule has 2 aromatic rings. The third-order valence-corrected chi connectivity index (χ3v) is 4.82. The molecule has 1 aliphatic heterocycles. The summed E-state index contributed by atoms with van der Waals surface area (Å²) < 4.78 is 0. The Labute approximate surface area is 155 Å². The third-order valence-electron chi connectivity index (χ3n) is 4.82. The van der Waals surface area contributed by atoms with E-state index in [1.54, 1.807) is 12.4 Å². The standard InChI is InChI=1S/C20H27N5O/c1-24(2)19-9-8-17(14-22-19)20(26)23-15-18(16-7-6-10-21-13-16)25-11-4-3-5-12-25/h6-10,13-14,18H,3-5,11-12,15H2,1-2H3,(H,23,26)/t18-/m0/s1. The predicted octanol–water partition coefficient (Wildman–Crippen LogP) is 2.50. The molecule has 138 valence electrons. The summed E-state index contributed by atoms with van der Waals surface area (Å²) >= 11 is 0. The average molecular weight is 353 g/mol. The molecule has 0 aromatic carbocycles. The van der Waals surface area contributed by atoms with Crippen molar-refractivity contribution in [2.75, 3.05) is 38.6 Å².